The maximum absolute atomic E-state index is 8.71. The number of nitrogens with two attached hydrogens (primary N) is 1. The summed E-state index contributed by atoms with van der Waals surface area (Å²) in [4.78, 5) is 4.05. The van der Waals surface area contributed by atoms with Crippen LogP contribution in [0.3, 0.4) is 0 Å². The summed E-state index contributed by atoms with van der Waals surface area (Å²) in [7, 11) is 0. The SMILES string of the molecule is C[C@H](CCO)Nc1cc(N)cc(Cl)n1. The third kappa shape index (κ3) is 3.40. The summed E-state index contributed by atoms with van der Waals surface area (Å²) in [5, 5.41) is 12.2. The Morgan fingerprint density at radius 1 is 1.64 bits per heavy atom. The van der Waals surface area contributed by atoms with E-state index in [0.717, 1.165) is 0 Å². The highest BCUT2D eigenvalue weighted by Gasteiger charge is 2.03. The molecule has 4 N–H and O–H groups in total. The Hall–Kier alpha value is -1.00. The van der Waals surface area contributed by atoms with Gasteiger partial charge in [0.15, 0.2) is 0 Å². The molecule has 14 heavy (non-hydrogen) atoms. The molecule has 0 unspecified atom stereocenters. The molecule has 0 amide bonds. The minimum atomic E-state index is 0.143. The molecule has 0 bridgehead atoms. The van der Waals surface area contributed by atoms with E-state index in [1.165, 1.54) is 0 Å². The van der Waals surface area contributed by atoms with Gasteiger partial charge in [-0.05, 0) is 19.4 Å². The van der Waals surface area contributed by atoms with Gasteiger partial charge < -0.3 is 16.2 Å². The van der Waals surface area contributed by atoms with Crippen LogP contribution in [0.15, 0.2) is 12.1 Å². The maximum atomic E-state index is 8.71. The van der Waals surface area contributed by atoms with Crippen LogP contribution in [0.2, 0.25) is 5.15 Å². The quantitative estimate of drug-likeness (QED) is 0.666. The van der Waals surface area contributed by atoms with E-state index in [9.17, 15) is 0 Å². The first-order valence-corrected chi connectivity index (χ1v) is 4.80. The number of nitrogens with one attached hydrogen (secondary N) is 1. The number of aliphatic hydroxyl groups excluding tert-OH is 1. The first-order chi connectivity index (χ1) is 6.61. The molecule has 1 rings (SSSR count). The Bertz CT molecular complexity index is 286. The molecule has 5 heteroatoms. The summed E-state index contributed by atoms with van der Waals surface area (Å²) >= 11 is 5.73. The zero-order valence-electron chi connectivity index (χ0n) is 8.00. The predicted octanol–water partition coefficient (Wildman–Crippen LogP) is 1.50. The monoisotopic (exact) mass is 215 g/mol. The molecule has 1 aromatic heterocycles. The van der Waals surface area contributed by atoms with E-state index in [4.69, 9.17) is 22.4 Å². The van der Waals surface area contributed by atoms with Crippen LogP contribution >= 0.6 is 11.6 Å². The average Bonchev–Trinajstić information content (AvgIpc) is 2.01. The van der Waals surface area contributed by atoms with Crippen molar-refractivity contribution in [2.24, 2.45) is 0 Å². The van der Waals surface area contributed by atoms with Gasteiger partial charge in [0.05, 0.1) is 0 Å². The minimum absolute atomic E-state index is 0.143. The smallest absolute Gasteiger partial charge is 0.133 e. The molecule has 0 aliphatic rings. The van der Waals surface area contributed by atoms with Crippen LogP contribution < -0.4 is 11.1 Å². The number of aliphatic hydroxyl groups is 1. The fourth-order valence-electron chi connectivity index (χ4n) is 1.11. The molecule has 0 spiro atoms. The molecule has 0 aliphatic carbocycles. The van der Waals surface area contributed by atoms with Crippen LogP contribution in [0.25, 0.3) is 0 Å². The Morgan fingerprint density at radius 3 is 2.93 bits per heavy atom. The largest absolute Gasteiger partial charge is 0.399 e. The second kappa shape index (κ2) is 5.02. The van der Waals surface area contributed by atoms with Crippen LogP contribution in [-0.2, 0) is 0 Å². The van der Waals surface area contributed by atoms with Crippen molar-refractivity contribution in [1.29, 1.82) is 0 Å². The maximum Gasteiger partial charge on any atom is 0.133 e. The zero-order valence-corrected chi connectivity index (χ0v) is 8.75. The molecule has 1 aromatic rings. The lowest BCUT2D eigenvalue weighted by atomic mass is 10.2. The molecule has 0 saturated carbocycles. The molecular formula is C9H14ClN3O. The number of pyridine rings is 1. The second-order valence-electron chi connectivity index (χ2n) is 3.17. The zero-order chi connectivity index (χ0) is 10.6. The van der Waals surface area contributed by atoms with Crippen LogP contribution in [0.4, 0.5) is 11.5 Å². The molecule has 0 radical (unpaired) electrons. The first-order valence-electron chi connectivity index (χ1n) is 4.42. The summed E-state index contributed by atoms with van der Waals surface area (Å²) in [5.74, 6) is 0.635. The highest BCUT2D eigenvalue weighted by molar-refractivity contribution is 6.29. The summed E-state index contributed by atoms with van der Waals surface area (Å²) in [5.41, 5.74) is 6.17. The van der Waals surface area contributed by atoms with Gasteiger partial charge in [0.25, 0.3) is 0 Å². The van der Waals surface area contributed by atoms with Crippen molar-refractivity contribution in [3.05, 3.63) is 17.3 Å². The number of nitrogen functional groups attached to an aromatic ring is 1. The summed E-state index contributed by atoms with van der Waals surface area (Å²) < 4.78 is 0. The van der Waals surface area contributed by atoms with E-state index in [1.807, 2.05) is 6.92 Å². The van der Waals surface area contributed by atoms with Crippen LogP contribution in [0.1, 0.15) is 13.3 Å². The highest BCUT2D eigenvalue weighted by Crippen LogP contribution is 2.16. The highest BCUT2D eigenvalue weighted by atomic mass is 35.5. The lowest BCUT2D eigenvalue weighted by Crippen LogP contribution is -2.17. The Labute approximate surface area is 88.1 Å². The average molecular weight is 216 g/mol. The Morgan fingerprint density at radius 2 is 2.36 bits per heavy atom. The van der Waals surface area contributed by atoms with Gasteiger partial charge in [-0.1, -0.05) is 11.6 Å². The van der Waals surface area contributed by atoms with E-state index >= 15 is 0 Å². The van der Waals surface area contributed by atoms with Gasteiger partial charge in [-0.2, -0.15) is 0 Å². The van der Waals surface area contributed by atoms with Gasteiger partial charge in [0, 0.05) is 24.4 Å². The third-order valence-electron chi connectivity index (χ3n) is 1.77. The Kier molecular flexibility index (Phi) is 3.98. The van der Waals surface area contributed by atoms with Crippen LogP contribution in [0, 0.1) is 0 Å². The van der Waals surface area contributed by atoms with E-state index in [0.29, 0.717) is 23.1 Å². The normalized spacial score (nSPS) is 12.5. The Balaban J connectivity index is 2.66. The van der Waals surface area contributed by atoms with Crippen molar-refractivity contribution in [1.82, 2.24) is 4.98 Å². The van der Waals surface area contributed by atoms with Crippen molar-refractivity contribution in [3.63, 3.8) is 0 Å². The number of nitrogens with zero attached hydrogens (tertiary/aromatic N) is 1. The topological polar surface area (TPSA) is 71.2 Å². The third-order valence-corrected chi connectivity index (χ3v) is 1.97. The summed E-state index contributed by atoms with van der Waals surface area (Å²) in [6, 6.07) is 3.44. The van der Waals surface area contributed by atoms with E-state index in [1.54, 1.807) is 12.1 Å². The van der Waals surface area contributed by atoms with Gasteiger partial charge in [-0.15, -0.1) is 0 Å². The molecule has 1 atom stereocenters. The first kappa shape index (κ1) is 11.1. The minimum Gasteiger partial charge on any atom is -0.399 e. The van der Waals surface area contributed by atoms with E-state index < -0.39 is 0 Å². The molecule has 0 aliphatic heterocycles. The molecule has 0 aromatic carbocycles. The van der Waals surface area contributed by atoms with Gasteiger partial charge >= 0.3 is 0 Å². The van der Waals surface area contributed by atoms with Crippen molar-refractivity contribution >= 4 is 23.1 Å². The number of hydrogen-bond acceptors (Lipinski definition) is 4. The number of aromatic nitrogens is 1. The number of halogens is 1. The second-order valence-corrected chi connectivity index (χ2v) is 3.55. The number of rotatable bonds is 4. The van der Waals surface area contributed by atoms with Gasteiger partial charge in [0.2, 0.25) is 0 Å². The molecule has 1 heterocycles. The lowest BCUT2D eigenvalue weighted by molar-refractivity contribution is 0.282. The fourth-order valence-corrected chi connectivity index (χ4v) is 1.33. The molecule has 4 nitrogen and oxygen atoms in total. The summed E-state index contributed by atoms with van der Waals surface area (Å²) in [6.07, 6.45) is 0.661. The van der Waals surface area contributed by atoms with Crippen LogP contribution in [0.5, 0.6) is 0 Å². The van der Waals surface area contributed by atoms with Crippen molar-refractivity contribution in [3.8, 4) is 0 Å². The van der Waals surface area contributed by atoms with Gasteiger partial charge in [-0.25, -0.2) is 4.98 Å². The number of hydrogen-bond donors (Lipinski definition) is 3. The van der Waals surface area contributed by atoms with Gasteiger partial charge in [0.1, 0.15) is 11.0 Å². The number of anilines is 2. The van der Waals surface area contributed by atoms with Crippen molar-refractivity contribution < 1.29 is 5.11 Å². The standard InChI is InChI=1S/C9H14ClN3O/c1-6(2-3-14)12-9-5-7(11)4-8(10)13-9/h4-6,14H,2-3H2,1H3,(H3,11,12,13)/t6-/m1/s1. The van der Waals surface area contributed by atoms with Crippen molar-refractivity contribution in [2.75, 3.05) is 17.7 Å². The van der Waals surface area contributed by atoms with Crippen LogP contribution in [-0.4, -0.2) is 22.7 Å². The van der Waals surface area contributed by atoms with Gasteiger partial charge in [-0.3, -0.25) is 0 Å². The molecule has 78 valence electrons. The van der Waals surface area contributed by atoms with Crippen molar-refractivity contribution in [2.45, 2.75) is 19.4 Å². The lowest BCUT2D eigenvalue weighted by Gasteiger charge is -2.13. The van der Waals surface area contributed by atoms with E-state index in [-0.39, 0.29) is 12.6 Å². The summed E-state index contributed by atoms with van der Waals surface area (Å²) in [6.45, 7) is 2.10. The molecular weight excluding hydrogens is 202 g/mol. The fraction of sp³-hybridized carbons (Fsp3) is 0.444. The van der Waals surface area contributed by atoms with E-state index in [2.05, 4.69) is 10.3 Å². The molecule has 0 saturated heterocycles. The predicted molar refractivity (Wildman–Crippen MR) is 58.4 cm³/mol. The molecule has 0 fully saturated rings.